The van der Waals surface area contributed by atoms with Crippen molar-refractivity contribution < 1.29 is 0 Å². The summed E-state index contributed by atoms with van der Waals surface area (Å²) in [4.78, 5) is 0. The molecule has 1 rings (SSSR count). The minimum atomic E-state index is 0.377. The van der Waals surface area contributed by atoms with Crippen molar-refractivity contribution in [3.63, 3.8) is 0 Å². The summed E-state index contributed by atoms with van der Waals surface area (Å²) >= 11 is 0. The van der Waals surface area contributed by atoms with Gasteiger partial charge < -0.3 is 11.1 Å². The topological polar surface area (TPSA) is 38.0 Å². The first-order valence-corrected chi connectivity index (χ1v) is 6.20. The minimum Gasteiger partial charge on any atom is -0.381 e. The lowest BCUT2D eigenvalue weighted by Gasteiger charge is -2.24. The molecule has 2 atom stereocenters. The molecular formula is C14H24N2. The summed E-state index contributed by atoms with van der Waals surface area (Å²) in [5.74, 6) is 0.622. The van der Waals surface area contributed by atoms with Crippen LogP contribution in [-0.4, -0.2) is 12.6 Å². The number of hydrogen-bond acceptors (Lipinski definition) is 2. The number of aryl methyl sites for hydroxylation is 1. The number of anilines is 1. The number of benzene rings is 1. The first-order valence-electron chi connectivity index (χ1n) is 6.20. The van der Waals surface area contributed by atoms with Crippen LogP contribution in [0.25, 0.3) is 0 Å². The lowest BCUT2D eigenvalue weighted by Crippen LogP contribution is -2.34. The van der Waals surface area contributed by atoms with Crippen LogP contribution in [0.15, 0.2) is 24.3 Å². The molecule has 3 N–H and O–H groups in total. The van der Waals surface area contributed by atoms with E-state index < -0.39 is 0 Å². The lowest BCUT2D eigenvalue weighted by molar-refractivity contribution is 0.450. The molecule has 1 aromatic carbocycles. The summed E-state index contributed by atoms with van der Waals surface area (Å²) in [6.07, 6.45) is 2.44. The van der Waals surface area contributed by atoms with Crippen molar-refractivity contribution in [2.75, 3.05) is 11.9 Å². The van der Waals surface area contributed by atoms with Crippen molar-refractivity contribution in [1.82, 2.24) is 0 Å². The third-order valence-corrected chi connectivity index (χ3v) is 3.09. The summed E-state index contributed by atoms with van der Waals surface area (Å²) in [6.45, 7) is 7.27. The van der Waals surface area contributed by atoms with E-state index in [1.54, 1.807) is 0 Å². The Balaban J connectivity index is 2.59. The van der Waals surface area contributed by atoms with Crippen LogP contribution in [-0.2, 0) is 0 Å². The second-order valence-electron chi connectivity index (χ2n) is 4.62. The molecule has 0 aromatic heterocycles. The molecule has 0 saturated heterocycles. The SMILES string of the molecule is CCCC(C)C(CN)Nc1ccc(C)cc1. The molecule has 0 radical (unpaired) electrons. The maximum atomic E-state index is 5.82. The fourth-order valence-corrected chi connectivity index (χ4v) is 1.95. The number of nitrogens with one attached hydrogen (secondary N) is 1. The van der Waals surface area contributed by atoms with Crippen molar-refractivity contribution >= 4 is 5.69 Å². The molecule has 0 aliphatic heterocycles. The molecule has 0 fully saturated rings. The fourth-order valence-electron chi connectivity index (χ4n) is 1.95. The number of rotatable bonds is 6. The second-order valence-corrected chi connectivity index (χ2v) is 4.62. The molecule has 0 spiro atoms. The molecule has 16 heavy (non-hydrogen) atoms. The molecule has 0 aliphatic rings. The van der Waals surface area contributed by atoms with Crippen molar-refractivity contribution in [3.05, 3.63) is 29.8 Å². The van der Waals surface area contributed by atoms with Gasteiger partial charge in [0.2, 0.25) is 0 Å². The highest BCUT2D eigenvalue weighted by atomic mass is 14.9. The zero-order chi connectivity index (χ0) is 12.0. The van der Waals surface area contributed by atoms with Crippen LogP contribution in [0.3, 0.4) is 0 Å². The Morgan fingerprint density at radius 3 is 2.38 bits per heavy atom. The van der Waals surface area contributed by atoms with Gasteiger partial charge in [-0.15, -0.1) is 0 Å². The van der Waals surface area contributed by atoms with Crippen LogP contribution in [0, 0.1) is 12.8 Å². The lowest BCUT2D eigenvalue weighted by atomic mass is 9.96. The Morgan fingerprint density at radius 1 is 1.25 bits per heavy atom. The van der Waals surface area contributed by atoms with Gasteiger partial charge in [0.15, 0.2) is 0 Å². The molecule has 1 aromatic rings. The van der Waals surface area contributed by atoms with E-state index in [0.717, 1.165) is 0 Å². The van der Waals surface area contributed by atoms with E-state index in [4.69, 9.17) is 5.73 Å². The quantitative estimate of drug-likeness (QED) is 0.772. The monoisotopic (exact) mass is 220 g/mol. The van der Waals surface area contributed by atoms with Gasteiger partial charge in [-0.25, -0.2) is 0 Å². The second kappa shape index (κ2) is 6.54. The Kier molecular flexibility index (Phi) is 5.33. The summed E-state index contributed by atoms with van der Waals surface area (Å²) in [7, 11) is 0. The molecule has 0 amide bonds. The normalized spacial score (nSPS) is 14.5. The van der Waals surface area contributed by atoms with Crippen molar-refractivity contribution in [3.8, 4) is 0 Å². The van der Waals surface area contributed by atoms with E-state index in [2.05, 4.69) is 50.4 Å². The molecule has 2 heteroatoms. The van der Waals surface area contributed by atoms with E-state index >= 15 is 0 Å². The average Bonchev–Trinajstić information content (AvgIpc) is 2.28. The molecule has 90 valence electrons. The molecular weight excluding hydrogens is 196 g/mol. The Labute approximate surface area is 99.2 Å². The van der Waals surface area contributed by atoms with Crippen molar-refractivity contribution in [2.24, 2.45) is 11.7 Å². The fraction of sp³-hybridized carbons (Fsp3) is 0.571. The highest BCUT2D eigenvalue weighted by Crippen LogP contribution is 2.16. The van der Waals surface area contributed by atoms with Gasteiger partial charge >= 0.3 is 0 Å². The van der Waals surface area contributed by atoms with E-state index in [1.807, 2.05) is 0 Å². The summed E-state index contributed by atoms with van der Waals surface area (Å²) < 4.78 is 0. The highest BCUT2D eigenvalue weighted by molar-refractivity contribution is 5.45. The smallest absolute Gasteiger partial charge is 0.0409 e. The largest absolute Gasteiger partial charge is 0.381 e. The van der Waals surface area contributed by atoms with E-state index in [0.29, 0.717) is 18.5 Å². The predicted molar refractivity (Wildman–Crippen MR) is 71.7 cm³/mol. The van der Waals surface area contributed by atoms with Gasteiger partial charge in [-0.05, 0) is 31.4 Å². The molecule has 2 unspecified atom stereocenters. The summed E-state index contributed by atoms with van der Waals surface area (Å²) in [6, 6.07) is 8.87. The Hall–Kier alpha value is -1.02. The third kappa shape index (κ3) is 3.86. The van der Waals surface area contributed by atoms with Gasteiger partial charge in [0.1, 0.15) is 0 Å². The van der Waals surface area contributed by atoms with Crippen LogP contribution in [0.4, 0.5) is 5.69 Å². The van der Waals surface area contributed by atoms with Crippen LogP contribution in [0.5, 0.6) is 0 Å². The van der Waals surface area contributed by atoms with Gasteiger partial charge in [0.25, 0.3) is 0 Å². The number of nitrogens with two attached hydrogens (primary N) is 1. The van der Waals surface area contributed by atoms with Crippen LogP contribution in [0.1, 0.15) is 32.3 Å². The zero-order valence-corrected chi connectivity index (χ0v) is 10.7. The van der Waals surface area contributed by atoms with Gasteiger partial charge in [0.05, 0.1) is 0 Å². The summed E-state index contributed by atoms with van der Waals surface area (Å²) in [5, 5.41) is 3.52. The molecule has 0 saturated carbocycles. The Bertz CT molecular complexity index is 292. The van der Waals surface area contributed by atoms with Crippen molar-refractivity contribution in [2.45, 2.75) is 39.7 Å². The molecule has 0 bridgehead atoms. The van der Waals surface area contributed by atoms with Gasteiger partial charge in [-0.3, -0.25) is 0 Å². The van der Waals surface area contributed by atoms with Gasteiger partial charge in [-0.2, -0.15) is 0 Å². The first-order chi connectivity index (χ1) is 7.67. The molecule has 0 aliphatic carbocycles. The van der Waals surface area contributed by atoms with Gasteiger partial charge in [-0.1, -0.05) is 38.0 Å². The standard InChI is InChI=1S/C14H24N2/c1-4-5-12(3)14(10-15)16-13-8-6-11(2)7-9-13/h6-9,12,14,16H,4-5,10,15H2,1-3H3. The minimum absolute atomic E-state index is 0.377. The van der Waals surface area contributed by atoms with E-state index in [1.165, 1.54) is 24.1 Å². The van der Waals surface area contributed by atoms with Crippen LogP contribution in [0.2, 0.25) is 0 Å². The van der Waals surface area contributed by atoms with Gasteiger partial charge in [0, 0.05) is 18.3 Å². The highest BCUT2D eigenvalue weighted by Gasteiger charge is 2.14. The zero-order valence-electron chi connectivity index (χ0n) is 10.7. The number of hydrogen-bond donors (Lipinski definition) is 2. The van der Waals surface area contributed by atoms with E-state index in [9.17, 15) is 0 Å². The van der Waals surface area contributed by atoms with Crippen molar-refractivity contribution in [1.29, 1.82) is 0 Å². The van der Waals surface area contributed by atoms with Crippen LogP contribution >= 0.6 is 0 Å². The average molecular weight is 220 g/mol. The molecule has 0 heterocycles. The maximum Gasteiger partial charge on any atom is 0.0409 e. The van der Waals surface area contributed by atoms with E-state index in [-0.39, 0.29) is 0 Å². The van der Waals surface area contributed by atoms with Crippen LogP contribution < -0.4 is 11.1 Å². The first kappa shape index (κ1) is 13.0. The Morgan fingerprint density at radius 2 is 1.88 bits per heavy atom. The molecule has 2 nitrogen and oxygen atoms in total. The maximum absolute atomic E-state index is 5.82. The summed E-state index contributed by atoms with van der Waals surface area (Å²) in [5.41, 5.74) is 8.28. The predicted octanol–water partition coefficient (Wildman–Crippen LogP) is 3.17. The third-order valence-electron chi connectivity index (χ3n) is 3.09.